The molecule has 1 aromatic carbocycles. The quantitative estimate of drug-likeness (QED) is 0.735. The molecule has 0 radical (unpaired) electrons. The van der Waals surface area contributed by atoms with E-state index >= 15 is 0 Å². The molecule has 0 aromatic heterocycles. The first kappa shape index (κ1) is 21.5. The molecule has 1 amide bonds. The van der Waals surface area contributed by atoms with Gasteiger partial charge < -0.3 is 19.6 Å². The van der Waals surface area contributed by atoms with Gasteiger partial charge in [-0.1, -0.05) is 6.92 Å². The highest BCUT2D eigenvalue weighted by Gasteiger charge is 2.33. The Balaban J connectivity index is 2.51. The highest BCUT2D eigenvalue weighted by molar-refractivity contribution is 7.92. The number of rotatable bonds is 6. The van der Waals surface area contributed by atoms with Crippen molar-refractivity contribution < 1.29 is 23.1 Å². The summed E-state index contributed by atoms with van der Waals surface area (Å²) in [4.78, 5) is 16.8. The van der Waals surface area contributed by atoms with Crippen LogP contribution in [0.1, 0.15) is 24.2 Å². The number of amides is 1. The van der Waals surface area contributed by atoms with E-state index in [1.54, 1.807) is 24.0 Å². The first-order valence-electron chi connectivity index (χ1n) is 8.87. The first-order chi connectivity index (χ1) is 12.5. The van der Waals surface area contributed by atoms with Crippen molar-refractivity contribution in [2.45, 2.75) is 26.0 Å². The van der Waals surface area contributed by atoms with Gasteiger partial charge in [0.1, 0.15) is 11.9 Å². The zero-order valence-corrected chi connectivity index (χ0v) is 17.3. The minimum absolute atomic E-state index is 0.0484. The lowest BCUT2D eigenvalue weighted by molar-refractivity contribution is 0.0363. The number of aliphatic hydroxyl groups excluding tert-OH is 1. The Bertz CT molecular complexity index is 781. The maximum absolute atomic E-state index is 13.1. The van der Waals surface area contributed by atoms with Gasteiger partial charge in [0, 0.05) is 24.7 Å². The largest absolute Gasteiger partial charge is 0.488 e. The number of carbonyl (C=O) groups is 1. The molecule has 0 fully saturated rings. The van der Waals surface area contributed by atoms with Crippen LogP contribution in [0.3, 0.4) is 0 Å². The van der Waals surface area contributed by atoms with Gasteiger partial charge in [-0.25, -0.2) is 8.42 Å². The molecule has 2 rings (SSSR count). The van der Waals surface area contributed by atoms with E-state index < -0.39 is 10.0 Å². The van der Waals surface area contributed by atoms with E-state index in [0.29, 0.717) is 24.5 Å². The average molecular weight is 400 g/mol. The first-order valence-corrected chi connectivity index (χ1v) is 10.8. The number of nitrogens with zero attached hydrogens (tertiary/aromatic N) is 2. The van der Waals surface area contributed by atoms with Crippen LogP contribution in [0.5, 0.6) is 5.75 Å². The van der Waals surface area contributed by atoms with Gasteiger partial charge in [-0.15, -0.1) is 0 Å². The number of fused-ring (bicyclic) bond motifs is 1. The summed E-state index contributed by atoms with van der Waals surface area (Å²) in [6.07, 6.45) is 0.894. The highest BCUT2D eigenvalue weighted by atomic mass is 32.2. The highest BCUT2D eigenvalue weighted by Crippen LogP contribution is 2.30. The predicted octanol–water partition coefficient (Wildman–Crippen LogP) is 0.840. The third kappa shape index (κ3) is 5.57. The van der Waals surface area contributed by atoms with Crippen molar-refractivity contribution in [3.63, 3.8) is 0 Å². The monoisotopic (exact) mass is 399 g/mol. The molecular formula is C18H29N3O5S. The van der Waals surface area contributed by atoms with E-state index in [1.807, 2.05) is 25.9 Å². The molecule has 2 N–H and O–H groups in total. The van der Waals surface area contributed by atoms with Gasteiger partial charge in [0.05, 0.1) is 24.5 Å². The summed E-state index contributed by atoms with van der Waals surface area (Å²) in [5, 5.41) is 9.59. The molecule has 0 spiro atoms. The molecule has 0 saturated heterocycles. The lowest BCUT2D eigenvalue weighted by Gasteiger charge is -2.37. The lowest BCUT2D eigenvalue weighted by atomic mass is 9.99. The van der Waals surface area contributed by atoms with Crippen LogP contribution in [-0.2, 0) is 10.0 Å². The summed E-state index contributed by atoms with van der Waals surface area (Å²) in [5.41, 5.74) is 0.571. The smallest absolute Gasteiger partial charge is 0.258 e. The number of sulfonamides is 1. The molecule has 9 heteroatoms. The van der Waals surface area contributed by atoms with Crippen LogP contribution >= 0.6 is 0 Å². The summed E-state index contributed by atoms with van der Waals surface area (Å²) < 4.78 is 31.6. The number of aliphatic hydroxyl groups is 1. The van der Waals surface area contributed by atoms with E-state index in [4.69, 9.17) is 4.74 Å². The molecule has 1 aliphatic rings. The zero-order valence-electron chi connectivity index (χ0n) is 16.5. The molecule has 27 heavy (non-hydrogen) atoms. The number of hydrogen-bond donors (Lipinski definition) is 2. The summed E-state index contributed by atoms with van der Waals surface area (Å²) >= 11 is 0. The van der Waals surface area contributed by atoms with Gasteiger partial charge in [0.25, 0.3) is 5.91 Å². The molecule has 3 atom stereocenters. The molecule has 1 heterocycles. The summed E-state index contributed by atoms with van der Waals surface area (Å²) in [6.45, 7) is 4.74. The zero-order chi connectivity index (χ0) is 20.4. The second-order valence-electron chi connectivity index (χ2n) is 7.47. The second-order valence-corrected chi connectivity index (χ2v) is 9.22. The standard InChI is InChI=1S/C18H29N3O5S/c1-12-9-21(13(2)11-22)18(23)15-8-14(19-27(5,24)25)6-7-16(15)26-17(12)10-20(3)4/h6-8,12-13,17,19,22H,9-11H2,1-5H3/t12-,13-,17-/m1/s1. The van der Waals surface area contributed by atoms with Crippen molar-refractivity contribution in [1.82, 2.24) is 9.80 Å². The van der Waals surface area contributed by atoms with Crippen LogP contribution in [0.15, 0.2) is 18.2 Å². The van der Waals surface area contributed by atoms with Crippen LogP contribution in [0.4, 0.5) is 5.69 Å². The van der Waals surface area contributed by atoms with E-state index in [1.165, 1.54) is 6.07 Å². The van der Waals surface area contributed by atoms with E-state index in [-0.39, 0.29) is 36.1 Å². The number of benzene rings is 1. The lowest BCUT2D eigenvalue weighted by Crippen LogP contribution is -2.49. The Kier molecular flexibility index (Phi) is 6.72. The third-order valence-corrected chi connectivity index (χ3v) is 5.12. The Morgan fingerprint density at radius 3 is 2.63 bits per heavy atom. The fraction of sp³-hybridized carbons (Fsp3) is 0.611. The number of anilines is 1. The topological polar surface area (TPSA) is 99.2 Å². The van der Waals surface area contributed by atoms with Crippen molar-refractivity contribution in [1.29, 1.82) is 0 Å². The van der Waals surface area contributed by atoms with E-state index in [2.05, 4.69) is 4.72 Å². The van der Waals surface area contributed by atoms with Crippen LogP contribution in [0, 0.1) is 5.92 Å². The van der Waals surface area contributed by atoms with Gasteiger partial charge >= 0.3 is 0 Å². The Morgan fingerprint density at radius 2 is 2.07 bits per heavy atom. The molecule has 0 bridgehead atoms. The maximum Gasteiger partial charge on any atom is 0.258 e. The molecule has 1 aliphatic heterocycles. The van der Waals surface area contributed by atoms with Crippen molar-refractivity contribution in [3.8, 4) is 5.75 Å². The number of hydrogen-bond acceptors (Lipinski definition) is 6. The number of ether oxygens (including phenoxy) is 1. The molecular weight excluding hydrogens is 370 g/mol. The van der Waals surface area contributed by atoms with Crippen molar-refractivity contribution in [3.05, 3.63) is 23.8 Å². The molecule has 0 saturated carbocycles. The number of carbonyl (C=O) groups excluding carboxylic acids is 1. The van der Waals surface area contributed by atoms with Crippen molar-refractivity contribution in [2.75, 3.05) is 44.8 Å². The van der Waals surface area contributed by atoms with E-state index in [0.717, 1.165) is 6.26 Å². The predicted molar refractivity (Wildman–Crippen MR) is 105 cm³/mol. The van der Waals surface area contributed by atoms with Crippen LogP contribution < -0.4 is 9.46 Å². The Labute approximate surface area is 161 Å². The molecule has 1 aromatic rings. The van der Waals surface area contributed by atoms with Crippen molar-refractivity contribution in [2.24, 2.45) is 5.92 Å². The SMILES string of the molecule is C[C@@H]1CN([C@H](C)CO)C(=O)c2cc(NS(C)(=O)=O)ccc2O[C@@H]1CN(C)C. The van der Waals surface area contributed by atoms with Crippen molar-refractivity contribution >= 4 is 21.6 Å². The minimum atomic E-state index is -3.47. The van der Waals surface area contributed by atoms with Crippen LogP contribution in [-0.4, -0.2) is 81.4 Å². The second kappa shape index (κ2) is 8.45. The van der Waals surface area contributed by atoms with E-state index in [9.17, 15) is 18.3 Å². The number of nitrogens with one attached hydrogen (secondary N) is 1. The average Bonchev–Trinajstić information content (AvgIpc) is 2.56. The minimum Gasteiger partial charge on any atom is -0.488 e. The van der Waals surface area contributed by atoms with Gasteiger partial charge in [0.2, 0.25) is 10.0 Å². The van der Waals surface area contributed by atoms with Gasteiger partial charge in [-0.3, -0.25) is 9.52 Å². The van der Waals surface area contributed by atoms with Gasteiger partial charge in [-0.05, 0) is 39.2 Å². The Hall–Kier alpha value is -1.84. The van der Waals surface area contributed by atoms with Crippen LogP contribution in [0.25, 0.3) is 0 Å². The summed E-state index contributed by atoms with van der Waals surface area (Å²) in [5.74, 6) is 0.166. The molecule has 152 valence electrons. The fourth-order valence-electron chi connectivity index (χ4n) is 3.08. The fourth-order valence-corrected chi connectivity index (χ4v) is 3.63. The normalized spacial score (nSPS) is 21.9. The molecule has 0 aliphatic carbocycles. The number of likely N-dealkylation sites (N-methyl/N-ethyl adjacent to an activating group) is 1. The van der Waals surface area contributed by atoms with Gasteiger partial charge in [-0.2, -0.15) is 0 Å². The maximum atomic E-state index is 13.1. The third-order valence-electron chi connectivity index (χ3n) is 4.51. The molecule has 0 unspecified atom stereocenters. The van der Waals surface area contributed by atoms with Crippen LogP contribution in [0.2, 0.25) is 0 Å². The summed E-state index contributed by atoms with van der Waals surface area (Å²) in [7, 11) is 0.435. The molecule has 8 nitrogen and oxygen atoms in total. The Morgan fingerprint density at radius 1 is 1.41 bits per heavy atom. The summed E-state index contributed by atoms with van der Waals surface area (Å²) in [6, 6.07) is 4.31. The van der Waals surface area contributed by atoms with Gasteiger partial charge in [0.15, 0.2) is 0 Å².